The Hall–Kier alpha value is -2.41. The number of nitrogens with one attached hydrogen (secondary N) is 1. The molecule has 21 heavy (non-hydrogen) atoms. The lowest BCUT2D eigenvalue weighted by Crippen LogP contribution is -2.17. The van der Waals surface area contributed by atoms with E-state index in [4.69, 9.17) is 5.11 Å². The van der Waals surface area contributed by atoms with Crippen molar-refractivity contribution >= 4 is 29.3 Å². The fourth-order valence-electron chi connectivity index (χ4n) is 1.74. The van der Waals surface area contributed by atoms with Crippen LogP contribution in [0.5, 0.6) is 0 Å². The third-order valence-electron chi connectivity index (χ3n) is 2.69. The lowest BCUT2D eigenvalue weighted by atomic mass is 10.1. The highest BCUT2D eigenvalue weighted by Gasteiger charge is 2.19. The van der Waals surface area contributed by atoms with Gasteiger partial charge in [-0.25, -0.2) is 14.2 Å². The first-order valence-electron chi connectivity index (χ1n) is 5.86. The number of hydrogen-bond acceptors (Lipinski definition) is 4. The molecule has 0 unspecified atom stereocenters. The van der Waals surface area contributed by atoms with Crippen LogP contribution in [0.4, 0.5) is 10.1 Å². The Balaban J connectivity index is 2.38. The number of aromatic nitrogens is 1. The van der Waals surface area contributed by atoms with Crippen molar-refractivity contribution in [1.29, 1.82) is 0 Å². The first-order chi connectivity index (χ1) is 10.0. The zero-order chi connectivity index (χ0) is 15.4. The van der Waals surface area contributed by atoms with Crippen LogP contribution in [0.2, 0.25) is 0 Å². The number of carbonyl (C=O) groups is 2. The monoisotopic (exact) mass is 306 g/mol. The minimum Gasteiger partial charge on any atom is -0.478 e. The van der Waals surface area contributed by atoms with Crippen molar-refractivity contribution in [2.45, 2.75) is 5.03 Å². The van der Waals surface area contributed by atoms with E-state index in [0.717, 1.165) is 6.07 Å². The van der Waals surface area contributed by atoms with Gasteiger partial charge in [-0.15, -0.1) is 11.8 Å². The van der Waals surface area contributed by atoms with Crippen LogP contribution in [0.15, 0.2) is 41.6 Å². The highest BCUT2D eigenvalue weighted by molar-refractivity contribution is 7.98. The number of anilines is 1. The number of benzene rings is 1. The van der Waals surface area contributed by atoms with E-state index in [0.29, 0.717) is 5.03 Å². The molecule has 2 aromatic rings. The summed E-state index contributed by atoms with van der Waals surface area (Å²) in [5.74, 6) is -2.74. The van der Waals surface area contributed by atoms with E-state index in [1.165, 1.54) is 36.2 Å². The number of amides is 1. The van der Waals surface area contributed by atoms with Gasteiger partial charge in [0.25, 0.3) is 5.91 Å². The maximum absolute atomic E-state index is 13.8. The highest BCUT2D eigenvalue weighted by Crippen LogP contribution is 2.23. The van der Waals surface area contributed by atoms with E-state index < -0.39 is 17.7 Å². The maximum atomic E-state index is 13.8. The molecule has 0 atom stereocenters. The fraction of sp³-hybridized carbons (Fsp3) is 0.0714. The van der Waals surface area contributed by atoms with Crippen molar-refractivity contribution in [2.24, 2.45) is 0 Å². The number of carbonyl (C=O) groups excluding carboxylic acids is 1. The number of rotatable bonds is 4. The van der Waals surface area contributed by atoms with Crippen molar-refractivity contribution < 1.29 is 19.1 Å². The van der Waals surface area contributed by atoms with Gasteiger partial charge in [-0.3, -0.25) is 4.79 Å². The van der Waals surface area contributed by atoms with Crippen molar-refractivity contribution in [3.63, 3.8) is 0 Å². The first-order valence-corrected chi connectivity index (χ1v) is 7.09. The molecular formula is C14H11FN2O3S. The van der Waals surface area contributed by atoms with Crippen LogP contribution in [-0.4, -0.2) is 28.2 Å². The summed E-state index contributed by atoms with van der Waals surface area (Å²) in [6.07, 6.45) is 3.29. The lowest BCUT2D eigenvalue weighted by molar-refractivity contribution is 0.0697. The number of para-hydroxylation sites is 1. The van der Waals surface area contributed by atoms with Crippen molar-refractivity contribution in [3.8, 4) is 0 Å². The van der Waals surface area contributed by atoms with Gasteiger partial charge in [-0.05, 0) is 30.5 Å². The quantitative estimate of drug-likeness (QED) is 0.849. The Labute approximate surface area is 124 Å². The molecule has 0 fully saturated rings. The summed E-state index contributed by atoms with van der Waals surface area (Å²) in [7, 11) is 0. The normalized spacial score (nSPS) is 10.2. The van der Waals surface area contributed by atoms with Crippen LogP contribution in [0.1, 0.15) is 20.7 Å². The molecule has 0 aliphatic rings. The zero-order valence-corrected chi connectivity index (χ0v) is 11.8. The van der Waals surface area contributed by atoms with Crippen molar-refractivity contribution in [3.05, 3.63) is 53.5 Å². The maximum Gasteiger partial charge on any atom is 0.337 e. The Kier molecular flexibility index (Phi) is 4.54. The molecule has 0 bridgehead atoms. The molecule has 0 saturated carbocycles. The summed E-state index contributed by atoms with van der Waals surface area (Å²) < 4.78 is 13.8. The van der Waals surface area contributed by atoms with Gasteiger partial charge >= 0.3 is 5.97 Å². The number of halogens is 1. The van der Waals surface area contributed by atoms with Crippen molar-refractivity contribution in [2.75, 3.05) is 11.6 Å². The molecule has 5 nitrogen and oxygen atoms in total. The van der Waals surface area contributed by atoms with Crippen molar-refractivity contribution in [1.82, 2.24) is 4.98 Å². The number of hydrogen-bond donors (Lipinski definition) is 2. The lowest BCUT2D eigenvalue weighted by Gasteiger charge is -2.10. The smallest absolute Gasteiger partial charge is 0.337 e. The zero-order valence-electron chi connectivity index (χ0n) is 11.0. The summed E-state index contributed by atoms with van der Waals surface area (Å²) in [5, 5.41) is 11.8. The second kappa shape index (κ2) is 6.36. The van der Waals surface area contributed by atoms with Gasteiger partial charge in [0.15, 0.2) is 0 Å². The molecule has 7 heteroatoms. The Morgan fingerprint density at radius 3 is 2.62 bits per heavy atom. The van der Waals surface area contributed by atoms with Crippen LogP contribution < -0.4 is 5.32 Å². The minimum atomic E-state index is -1.32. The average Bonchev–Trinajstić information content (AvgIpc) is 2.48. The van der Waals surface area contributed by atoms with E-state index in [1.807, 2.05) is 0 Å². The van der Waals surface area contributed by atoms with Gasteiger partial charge in [-0.1, -0.05) is 6.07 Å². The third-order valence-corrected chi connectivity index (χ3v) is 3.40. The molecule has 0 saturated heterocycles. The number of thioether (sulfide) groups is 1. The number of carboxylic acid groups (broad SMARTS) is 1. The molecule has 0 spiro atoms. The van der Waals surface area contributed by atoms with E-state index in [2.05, 4.69) is 10.3 Å². The van der Waals surface area contributed by atoms with E-state index in [-0.39, 0.29) is 16.8 Å². The predicted molar refractivity (Wildman–Crippen MR) is 77.3 cm³/mol. The van der Waals surface area contributed by atoms with E-state index in [1.54, 1.807) is 12.3 Å². The fourth-order valence-corrected chi connectivity index (χ4v) is 2.28. The third kappa shape index (κ3) is 3.19. The Morgan fingerprint density at radius 2 is 1.95 bits per heavy atom. The van der Waals surface area contributed by atoms with Gasteiger partial charge in [0, 0.05) is 6.20 Å². The Morgan fingerprint density at radius 1 is 1.24 bits per heavy atom. The molecule has 108 valence electrons. The van der Waals surface area contributed by atoms with Gasteiger partial charge in [-0.2, -0.15) is 0 Å². The van der Waals surface area contributed by atoms with Gasteiger partial charge in [0.2, 0.25) is 0 Å². The van der Waals surface area contributed by atoms with Crippen LogP contribution >= 0.6 is 11.8 Å². The van der Waals surface area contributed by atoms with Crippen LogP contribution in [0.3, 0.4) is 0 Å². The summed E-state index contributed by atoms with van der Waals surface area (Å²) in [6, 6.07) is 6.69. The second-order valence-electron chi connectivity index (χ2n) is 3.98. The molecule has 2 N–H and O–H groups in total. The molecular weight excluding hydrogens is 295 g/mol. The summed E-state index contributed by atoms with van der Waals surface area (Å²) in [4.78, 5) is 27.3. The number of nitrogens with zero attached hydrogens (tertiary/aromatic N) is 1. The number of pyridine rings is 1. The molecule has 0 radical (unpaired) electrons. The number of carboxylic acids is 1. The average molecular weight is 306 g/mol. The molecule has 1 amide bonds. The summed E-state index contributed by atoms with van der Waals surface area (Å²) in [5.41, 5.74) is -0.409. The Bertz CT molecular complexity index is 706. The SMILES string of the molecule is CSc1ncccc1C(=O)Nc1c(F)cccc1C(=O)O. The summed E-state index contributed by atoms with van der Waals surface area (Å²) in [6.45, 7) is 0. The highest BCUT2D eigenvalue weighted by atomic mass is 32.2. The topological polar surface area (TPSA) is 79.3 Å². The predicted octanol–water partition coefficient (Wildman–Crippen LogP) is 2.89. The van der Waals surface area contributed by atoms with E-state index in [9.17, 15) is 14.0 Å². The molecule has 1 heterocycles. The molecule has 2 rings (SSSR count). The first kappa shape index (κ1) is 15.0. The largest absolute Gasteiger partial charge is 0.478 e. The standard InChI is InChI=1S/C14H11FN2O3S/c1-21-13-9(5-3-7-16-13)12(18)17-11-8(14(19)20)4-2-6-10(11)15/h2-7H,1H3,(H,17,18)(H,19,20). The molecule has 0 aliphatic heterocycles. The van der Waals surface area contributed by atoms with Gasteiger partial charge < -0.3 is 10.4 Å². The molecule has 1 aromatic carbocycles. The minimum absolute atomic E-state index is 0.254. The molecule has 1 aromatic heterocycles. The summed E-state index contributed by atoms with van der Waals surface area (Å²) >= 11 is 1.27. The van der Waals surface area contributed by atoms with Crippen LogP contribution in [-0.2, 0) is 0 Å². The van der Waals surface area contributed by atoms with Crippen LogP contribution in [0, 0.1) is 5.82 Å². The second-order valence-corrected chi connectivity index (χ2v) is 4.78. The molecule has 0 aliphatic carbocycles. The van der Waals surface area contributed by atoms with Gasteiger partial charge in [0.1, 0.15) is 10.8 Å². The van der Waals surface area contributed by atoms with Gasteiger partial charge in [0.05, 0.1) is 16.8 Å². The van der Waals surface area contributed by atoms with E-state index >= 15 is 0 Å². The van der Waals surface area contributed by atoms with Crippen LogP contribution in [0.25, 0.3) is 0 Å². The number of aromatic carboxylic acids is 1.